The fourth-order valence-corrected chi connectivity index (χ4v) is 1.97. The number of phenolic OH excluding ortho intramolecular Hbond substituents is 1. The summed E-state index contributed by atoms with van der Waals surface area (Å²) in [4.78, 5) is 10.9. The van der Waals surface area contributed by atoms with Crippen LogP contribution in [0.25, 0.3) is 0 Å². The van der Waals surface area contributed by atoms with E-state index in [4.69, 9.17) is 5.11 Å². The third-order valence-electron chi connectivity index (χ3n) is 2.94. The molecule has 0 amide bonds. The fraction of sp³-hybridized carbons (Fsp3) is 0.364. The first kappa shape index (κ1) is 9.83. The number of hydrogen-bond donors (Lipinski definition) is 3. The zero-order chi connectivity index (χ0) is 11.0. The summed E-state index contributed by atoms with van der Waals surface area (Å²) < 4.78 is 0. The minimum absolute atomic E-state index is 0.0652. The number of benzene rings is 1. The number of aromatic hydroxyl groups is 1. The van der Waals surface area contributed by atoms with Gasteiger partial charge in [0.05, 0.1) is 5.92 Å². The summed E-state index contributed by atoms with van der Waals surface area (Å²) in [6.45, 7) is 2.31. The number of hydrogen-bond acceptors (Lipinski definition) is 3. The Labute approximate surface area is 87.6 Å². The van der Waals surface area contributed by atoms with Gasteiger partial charge in [-0.25, -0.2) is 0 Å². The van der Waals surface area contributed by atoms with Gasteiger partial charge in [0.2, 0.25) is 0 Å². The van der Waals surface area contributed by atoms with Crippen LogP contribution in [0.1, 0.15) is 18.4 Å². The van der Waals surface area contributed by atoms with Crippen molar-refractivity contribution < 1.29 is 15.0 Å². The van der Waals surface area contributed by atoms with Crippen LogP contribution < -0.4 is 5.32 Å². The van der Waals surface area contributed by atoms with Crippen molar-refractivity contribution in [2.75, 3.05) is 11.9 Å². The molecule has 0 aromatic heterocycles. The third-order valence-corrected chi connectivity index (χ3v) is 2.94. The van der Waals surface area contributed by atoms with E-state index in [0.717, 1.165) is 11.3 Å². The van der Waals surface area contributed by atoms with Crippen molar-refractivity contribution in [3.63, 3.8) is 0 Å². The van der Waals surface area contributed by atoms with Crippen molar-refractivity contribution in [1.82, 2.24) is 0 Å². The van der Waals surface area contributed by atoms with E-state index in [1.165, 1.54) is 0 Å². The van der Waals surface area contributed by atoms with Crippen molar-refractivity contribution >= 4 is 11.7 Å². The number of rotatable bonds is 2. The minimum atomic E-state index is -0.807. The van der Waals surface area contributed by atoms with Crippen LogP contribution in [-0.2, 0) is 4.79 Å². The highest BCUT2D eigenvalue weighted by atomic mass is 16.4. The predicted octanol–water partition coefficient (Wildman–Crippen LogP) is 1.62. The Bertz CT molecular complexity index is 403. The van der Waals surface area contributed by atoms with Gasteiger partial charge in [0, 0.05) is 18.2 Å². The SMILES string of the molecule is CC(C(=O)O)C1CNc2ccc(O)cc21. The molecule has 1 aromatic carbocycles. The Kier molecular flexibility index (Phi) is 2.26. The molecule has 0 bridgehead atoms. The van der Waals surface area contributed by atoms with Crippen LogP contribution >= 0.6 is 0 Å². The molecule has 4 nitrogen and oxygen atoms in total. The van der Waals surface area contributed by atoms with Crippen molar-refractivity contribution in [1.29, 1.82) is 0 Å². The second-order valence-corrected chi connectivity index (χ2v) is 3.89. The van der Waals surface area contributed by atoms with Gasteiger partial charge in [0.1, 0.15) is 5.75 Å². The first-order valence-electron chi connectivity index (χ1n) is 4.89. The molecule has 2 rings (SSSR count). The van der Waals surface area contributed by atoms with Crippen LogP contribution in [0.5, 0.6) is 5.75 Å². The van der Waals surface area contributed by atoms with Crippen LogP contribution in [-0.4, -0.2) is 22.7 Å². The number of anilines is 1. The largest absolute Gasteiger partial charge is 0.508 e. The molecule has 2 atom stereocenters. The monoisotopic (exact) mass is 207 g/mol. The number of phenols is 1. The second kappa shape index (κ2) is 3.46. The average molecular weight is 207 g/mol. The zero-order valence-electron chi connectivity index (χ0n) is 8.40. The Morgan fingerprint density at radius 3 is 3.00 bits per heavy atom. The maximum atomic E-state index is 10.9. The van der Waals surface area contributed by atoms with Crippen LogP contribution in [0.15, 0.2) is 18.2 Å². The molecule has 0 aliphatic carbocycles. The van der Waals surface area contributed by atoms with Crippen LogP contribution in [0, 0.1) is 5.92 Å². The first-order chi connectivity index (χ1) is 7.09. The van der Waals surface area contributed by atoms with E-state index in [-0.39, 0.29) is 11.7 Å². The van der Waals surface area contributed by atoms with Gasteiger partial charge in [0.25, 0.3) is 0 Å². The number of aliphatic carboxylic acids is 1. The first-order valence-corrected chi connectivity index (χ1v) is 4.89. The Morgan fingerprint density at radius 1 is 1.60 bits per heavy atom. The normalized spacial score (nSPS) is 20.5. The molecule has 0 radical (unpaired) electrons. The molecule has 1 aliphatic rings. The number of carboxylic acid groups (broad SMARTS) is 1. The quantitative estimate of drug-likeness (QED) is 0.644. The second-order valence-electron chi connectivity index (χ2n) is 3.89. The molecular formula is C11H13NO3. The summed E-state index contributed by atoms with van der Waals surface area (Å²) in [5.74, 6) is -1.14. The van der Waals surface area contributed by atoms with Crippen molar-refractivity contribution in [2.45, 2.75) is 12.8 Å². The fourth-order valence-electron chi connectivity index (χ4n) is 1.97. The maximum Gasteiger partial charge on any atom is 0.306 e. The van der Waals surface area contributed by atoms with Gasteiger partial charge in [-0.2, -0.15) is 0 Å². The van der Waals surface area contributed by atoms with Gasteiger partial charge in [-0.3, -0.25) is 4.79 Å². The molecule has 0 saturated carbocycles. The van der Waals surface area contributed by atoms with Crippen molar-refractivity contribution in [3.05, 3.63) is 23.8 Å². The lowest BCUT2D eigenvalue weighted by atomic mass is 9.89. The highest BCUT2D eigenvalue weighted by Gasteiger charge is 2.31. The van der Waals surface area contributed by atoms with E-state index in [1.807, 2.05) is 0 Å². The highest BCUT2D eigenvalue weighted by Crippen LogP contribution is 2.38. The van der Waals surface area contributed by atoms with Crippen LogP contribution in [0.2, 0.25) is 0 Å². The molecule has 1 heterocycles. The molecule has 0 saturated heterocycles. The van der Waals surface area contributed by atoms with Gasteiger partial charge in [-0.1, -0.05) is 6.92 Å². The average Bonchev–Trinajstić information content (AvgIpc) is 2.59. The van der Waals surface area contributed by atoms with Crippen molar-refractivity contribution in [2.24, 2.45) is 5.92 Å². The number of fused-ring (bicyclic) bond motifs is 1. The molecule has 0 fully saturated rings. The molecule has 2 unspecified atom stereocenters. The summed E-state index contributed by atoms with van der Waals surface area (Å²) in [6, 6.07) is 5.01. The molecule has 80 valence electrons. The minimum Gasteiger partial charge on any atom is -0.508 e. The third kappa shape index (κ3) is 1.63. The summed E-state index contributed by atoms with van der Waals surface area (Å²) in [6.07, 6.45) is 0. The van der Waals surface area contributed by atoms with E-state index >= 15 is 0 Å². The molecule has 1 aliphatic heterocycles. The lowest BCUT2D eigenvalue weighted by Gasteiger charge is -2.14. The number of carboxylic acids is 1. The van der Waals surface area contributed by atoms with E-state index in [2.05, 4.69) is 5.32 Å². The number of carbonyl (C=O) groups is 1. The molecule has 3 N–H and O–H groups in total. The van der Waals surface area contributed by atoms with Gasteiger partial charge in [0.15, 0.2) is 0 Å². The van der Waals surface area contributed by atoms with E-state index in [1.54, 1.807) is 25.1 Å². The summed E-state index contributed by atoms with van der Waals surface area (Å²) >= 11 is 0. The molecule has 4 heteroatoms. The standard InChI is InChI=1S/C11H13NO3/c1-6(11(14)15)9-5-12-10-3-2-7(13)4-8(9)10/h2-4,6,9,12-13H,5H2,1H3,(H,14,15). The van der Waals surface area contributed by atoms with E-state index < -0.39 is 11.9 Å². The molecule has 1 aromatic rings. The van der Waals surface area contributed by atoms with Gasteiger partial charge in [-0.15, -0.1) is 0 Å². The smallest absolute Gasteiger partial charge is 0.306 e. The van der Waals surface area contributed by atoms with E-state index in [0.29, 0.717) is 6.54 Å². The topological polar surface area (TPSA) is 69.6 Å². The highest BCUT2D eigenvalue weighted by molar-refractivity contribution is 5.73. The van der Waals surface area contributed by atoms with Crippen LogP contribution in [0.3, 0.4) is 0 Å². The molecule has 15 heavy (non-hydrogen) atoms. The predicted molar refractivity (Wildman–Crippen MR) is 56.1 cm³/mol. The summed E-state index contributed by atoms with van der Waals surface area (Å²) in [5, 5.41) is 21.4. The Balaban J connectivity index is 2.35. The summed E-state index contributed by atoms with van der Waals surface area (Å²) in [5.41, 5.74) is 1.82. The Hall–Kier alpha value is -1.71. The van der Waals surface area contributed by atoms with Crippen LogP contribution in [0.4, 0.5) is 5.69 Å². The molecular weight excluding hydrogens is 194 g/mol. The zero-order valence-corrected chi connectivity index (χ0v) is 8.40. The lowest BCUT2D eigenvalue weighted by Crippen LogP contribution is -2.20. The number of nitrogens with one attached hydrogen (secondary N) is 1. The van der Waals surface area contributed by atoms with Gasteiger partial charge in [-0.05, 0) is 23.8 Å². The van der Waals surface area contributed by atoms with E-state index in [9.17, 15) is 9.90 Å². The van der Waals surface area contributed by atoms with Gasteiger partial charge < -0.3 is 15.5 Å². The lowest BCUT2D eigenvalue weighted by molar-refractivity contribution is -0.141. The van der Waals surface area contributed by atoms with Crippen molar-refractivity contribution in [3.8, 4) is 5.75 Å². The summed E-state index contributed by atoms with van der Waals surface area (Å²) in [7, 11) is 0. The Morgan fingerprint density at radius 2 is 2.33 bits per heavy atom. The maximum absolute atomic E-state index is 10.9. The molecule has 0 spiro atoms. The van der Waals surface area contributed by atoms with Gasteiger partial charge >= 0.3 is 5.97 Å².